The maximum atomic E-state index is 10.1. The fraction of sp³-hybridized carbons (Fsp3) is 1.00. The van der Waals surface area contributed by atoms with E-state index in [0.29, 0.717) is 11.8 Å². The summed E-state index contributed by atoms with van der Waals surface area (Å²) in [5, 5.41) is 29.6. The molecule has 4 nitrogen and oxygen atoms in total. The molecular weight excluding hydrogens is 206 g/mol. The summed E-state index contributed by atoms with van der Waals surface area (Å²) in [7, 11) is 2.10. The van der Waals surface area contributed by atoms with Gasteiger partial charge in [-0.05, 0) is 43.1 Å². The van der Waals surface area contributed by atoms with Crippen molar-refractivity contribution in [3.63, 3.8) is 0 Å². The average Bonchev–Trinajstić information content (AvgIpc) is 2.65. The lowest BCUT2D eigenvalue weighted by atomic mass is 9.53. The average molecular weight is 227 g/mol. The third-order valence-electron chi connectivity index (χ3n) is 5.18. The summed E-state index contributed by atoms with van der Waals surface area (Å²) in [6.07, 6.45) is -0.307. The zero-order chi connectivity index (χ0) is 11.4. The number of aliphatic hydroxyl groups excluding tert-OH is 3. The smallest absolute Gasteiger partial charge is 0.0836 e. The van der Waals surface area contributed by atoms with Crippen molar-refractivity contribution < 1.29 is 15.3 Å². The first-order valence-electron chi connectivity index (χ1n) is 6.29. The Balaban J connectivity index is 1.92. The van der Waals surface area contributed by atoms with Crippen LogP contribution in [0.15, 0.2) is 0 Å². The van der Waals surface area contributed by atoms with Crippen LogP contribution in [0.25, 0.3) is 0 Å². The van der Waals surface area contributed by atoms with E-state index in [1.165, 1.54) is 0 Å². The Morgan fingerprint density at radius 2 is 1.75 bits per heavy atom. The van der Waals surface area contributed by atoms with E-state index in [-0.39, 0.29) is 24.4 Å². The van der Waals surface area contributed by atoms with Gasteiger partial charge in [0.1, 0.15) is 0 Å². The second-order valence-electron chi connectivity index (χ2n) is 5.95. The summed E-state index contributed by atoms with van der Waals surface area (Å²) in [6, 6.07) is 0. The van der Waals surface area contributed by atoms with Gasteiger partial charge in [0, 0.05) is 19.7 Å². The molecule has 0 aromatic heterocycles. The molecule has 0 aromatic carbocycles. The SMILES string of the molecule is CN1C[C@H]2[C@@H](C1)[C@H]1[C@@H](CO)C[C@H]2[C@@H](O)[C@H]1O. The Labute approximate surface area is 95.9 Å². The maximum Gasteiger partial charge on any atom is 0.0836 e. The van der Waals surface area contributed by atoms with E-state index < -0.39 is 12.2 Å². The number of nitrogens with zero attached hydrogens (tertiary/aromatic N) is 1. The van der Waals surface area contributed by atoms with Crippen LogP contribution in [0.1, 0.15) is 6.42 Å². The highest BCUT2D eigenvalue weighted by Gasteiger charge is 2.58. The predicted molar refractivity (Wildman–Crippen MR) is 58.7 cm³/mol. The van der Waals surface area contributed by atoms with Gasteiger partial charge in [-0.1, -0.05) is 0 Å². The van der Waals surface area contributed by atoms with Crippen molar-refractivity contribution in [1.82, 2.24) is 4.90 Å². The predicted octanol–water partition coefficient (Wildman–Crippen LogP) is -0.856. The fourth-order valence-electron chi connectivity index (χ4n) is 4.56. The molecule has 0 unspecified atom stereocenters. The first-order chi connectivity index (χ1) is 7.63. The molecule has 3 N–H and O–H groups in total. The molecule has 3 saturated carbocycles. The highest BCUT2D eigenvalue weighted by atomic mass is 16.3. The molecule has 2 bridgehead atoms. The standard InChI is InChI=1S/C12H21NO3/c1-13-3-8-7-2-6(5-14)10(9(8)4-13)12(16)11(7)15/h6-12,14-16H,2-5H2,1H3/t6-,7-,8-,9-,10-,11-,12+/m1/s1. The van der Waals surface area contributed by atoms with Crippen LogP contribution in [-0.4, -0.2) is 59.2 Å². The first kappa shape index (κ1) is 11.0. The van der Waals surface area contributed by atoms with E-state index in [1.807, 2.05) is 0 Å². The lowest BCUT2D eigenvalue weighted by Crippen LogP contribution is -2.60. The number of aliphatic hydroxyl groups is 3. The van der Waals surface area contributed by atoms with Crippen LogP contribution in [0.2, 0.25) is 0 Å². The largest absolute Gasteiger partial charge is 0.396 e. The molecule has 1 aliphatic heterocycles. The van der Waals surface area contributed by atoms with Gasteiger partial charge in [-0.25, -0.2) is 0 Å². The Bertz CT molecular complexity index is 281. The molecule has 1 heterocycles. The monoisotopic (exact) mass is 227 g/mol. The summed E-state index contributed by atoms with van der Waals surface area (Å²) in [5.41, 5.74) is 0. The molecule has 0 aromatic rings. The second-order valence-corrected chi connectivity index (χ2v) is 5.95. The number of fused-ring (bicyclic) bond motifs is 2. The molecule has 0 radical (unpaired) electrons. The topological polar surface area (TPSA) is 63.9 Å². The zero-order valence-electron chi connectivity index (χ0n) is 9.66. The van der Waals surface area contributed by atoms with Gasteiger partial charge in [0.2, 0.25) is 0 Å². The van der Waals surface area contributed by atoms with Gasteiger partial charge in [0.25, 0.3) is 0 Å². The van der Waals surface area contributed by atoms with Crippen LogP contribution in [0.4, 0.5) is 0 Å². The number of hydrogen-bond donors (Lipinski definition) is 3. The third-order valence-corrected chi connectivity index (χ3v) is 5.18. The van der Waals surface area contributed by atoms with Gasteiger partial charge >= 0.3 is 0 Å². The van der Waals surface area contributed by atoms with Crippen molar-refractivity contribution >= 4 is 0 Å². The fourth-order valence-corrected chi connectivity index (χ4v) is 4.56. The van der Waals surface area contributed by atoms with Gasteiger partial charge in [-0.3, -0.25) is 0 Å². The molecule has 4 fully saturated rings. The van der Waals surface area contributed by atoms with Crippen LogP contribution >= 0.6 is 0 Å². The summed E-state index contributed by atoms with van der Waals surface area (Å²) in [5.74, 6) is 1.47. The molecule has 92 valence electrons. The molecule has 0 amide bonds. The molecular formula is C12H21NO3. The van der Waals surface area contributed by atoms with Gasteiger partial charge in [-0.15, -0.1) is 0 Å². The van der Waals surface area contributed by atoms with Crippen LogP contribution in [0, 0.1) is 29.6 Å². The Morgan fingerprint density at radius 1 is 1.06 bits per heavy atom. The van der Waals surface area contributed by atoms with Gasteiger partial charge in [-0.2, -0.15) is 0 Å². The normalized spacial score (nSPS) is 56.6. The molecule has 16 heavy (non-hydrogen) atoms. The second kappa shape index (κ2) is 3.67. The lowest BCUT2D eigenvalue weighted by Gasteiger charge is -2.54. The number of hydrogen-bond acceptors (Lipinski definition) is 4. The summed E-state index contributed by atoms with van der Waals surface area (Å²) >= 11 is 0. The number of rotatable bonds is 1. The quantitative estimate of drug-likeness (QED) is 0.546. The molecule has 4 aliphatic rings. The maximum absolute atomic E-state index is 10.1. The minimum absolute atomic E-state index is 0.0972. The molecule has 4 heteroatoms. The van der Waals surface area contributed by atoms with Crippen LogP contribution in [-0.2, 0) is 0 Å². The zero-order valence-corrected chi connectivity index (χ0v) is 9.66. The highest BCUT2D eigenvalue weighted by Crippen LogP contribution is 2.54. The summed E-state index contributed by atoms with van der Waals surface area (Å²) in [6.45, 7) is 2.19. The van der Waals surface area contributed by atoms with Crippen molar-refractivity contribution in [3.05, 3.63) is 0 Å². The van der Waals surface area contributed by atoms with Crippen molar-refractivity contribution in [2.24, 2.45) is 29.6 Å². The summed E-state index contributed by atoms with van der Waals surface area (Å²) < 4.78 is 0. The van der Waals surface area contributed by atoms with Crippen molar-refractivity contribution in [1.29, 1.82) is 0 Å². The van der Waals surface area contributed by atoms with E-state index in [2.05, 4.69) is 11.9 Å². The Hall–Kier alpha value is -0.160. The van der Waals surface area contributed by atoms with E-state index >= 15 is 0 Å². The minimum Gasteiger partial charge on any atom is -0.396 e. The van der Waals surface area contributed by atoms with E-state index in [1.54, 1.807) is 0 Å². The van der Waals surface area contributed by atoms with Gasteiger partial charge in [0.05, 0.1) is 12.2 Å². The van der Waals surface area contributed by atoms with Crippen molar-refractivity contribution in [2.75, 3.05) is 26.7 Å². The van der Waals surface area contributed by atoms with E-state index in [0.717, 1.165) is 19.5 Å². The first-order valence-corrected chi connectivity index (χ1v) is 6.29. The van der Waals surface area contributed by atoms with E-state index in [9.17, 15) is 15.3 Å². The van der Waals surface area contributed by atoms with Crippen LogP contribution in [0.5, 0.6) is 0 Å². The van der Waals surface area contributed by atoms with Crippen LogP contribution < -0.4 is 0 Å². The third kappa shape index (κ3) is 1.30. The lowest BCUT2D eigenvalue weighted by molar-refractivity contribution is -0.179. The highest BCUT2D eigenvalue weighted by molar-refractivity contribution is 5.08. The Morgan fingerprint density at radius 3 is 2.44 bits per heavy atom. The van der Waals surface area contributed by atoms with Crippen molar-refractivity contribution in [2.45, 2.75) is 18.6 Å². The molecule has 3 aliphatic carbocycles. The summed E-state index contributed by atoms with van der Waals surface area (Å²) in [4.78, 5) is 2.29. The molecule has 7 atom stereocenters. The molecule has 4 rings (SSSR count). The minimum atomic E-state index is -0.622. The molecule has 1 saturated heterocycles. The van der Waals surface area contributed by atoms with Gasteiger partial charge in [0.15, 0.2) is 0 Å². The van der Waals surface area contributed by atoms with Crippen LogP contribution in [0.3, 0.4) is 0 Å². The Kier molecular flexibility index (Phi) is 2.51. The molecule has 0 spiro atoms. The number of likely N-dealkylation sites (tertiary alicyclic amines) is 1. The van der Waals surface area contributed by atoms with Gasteiger partial charge < -0.3 is 20.2 Å². The van der Waals surface area contributed by atoms with Crippen molar-refractivity contribution in [3.8, 4) is 0 Å². The van der Waals surface area contributed by atoms with E-state index in [4.69, 9.17) is 0 Å².